The van der Waals surface area contributed by atoms with E-state index in [0.717, 1.165) is 12.1 Å². The smallest absolute Gasteiger partial charge is 0.238 e. The lowest BCUT2D eigenvalue weighted by Crippen LogP contribution is -2.31. The SMILES string of the molecule is COc1ccc(Cl)cc1NC(=O)CN(C)CCCS(=O)(=O)c1ccc(F)cc1. The van der Waals surface area contributed by atoms with Crippen LogP contribution in [0.5, 0.6) is 5.75 Å². The Morgan fingerprint density at radius 3 is 2.54 bits per heavy atom. The van der Waals surface area contributed by atoms with Crippen molar-refractivity contribution < 1.29 is 22.3 Å². The highest BCUT2D eigenvalue weighted by atomic mass is 35.5. The number of nitrogens with one attached hydrogen (secondary N) is 1. The lowest BCUT2D eigenvalue weighted by atomic mass is 10.3. The van der Waals surface area contributed by atoms with Gasteiger partial charge in [0.15, 0.2) is 9.84 Å². The Kier molecular flexibility index (Phi) is 7.79. The van der Waals surface area contributed by atoms with Gasteiger partial charge in [-0.1, -0.05) is 11.6 Å². The van der Waals surface area contributed by atoms with Gasteiger partial charge in [0.2, 0.25) is 5.91 Å². The molecule has 0 aliphatic carbocycles. The second-order valence-electron chi connectivity index (χ2n) is 6.26. The number of methoxy groups -OCH3 is 1. The highest BCUT2D eigenvalue weighted by Crippen LogP contribution is 2.27. The van der Waals surface area contributed by atoms with Gasteiger partial charge in [0.05, 0.1) is 30.0 Å². The number of carbonyl (C=O) groups is 1. The van der Waals surface area contributed by atoms with Crippen molar-refractivity contribution in [2.24, 2.45) is 0 Å². The first-order valence-electron chi connectivity index (χ1n) is 8.51. The molecule has 0 saturated heterocycles. The van der Waals surface area contributed by atoms with Crippen molar-refractivity contribution in [1.82, 2.24) is 4.90 Å². The fraction of sp³-hybridized carbons (Fsp3) is 0.316. The van der Waals surface area contributed by atoms with E-state index in [4.69, 9.17) is 16.3 Å². The Hall–Kier alpha value is -2.16. The topological polar surface area (TPSA) is 75.7 Å². The third-order valence-corrected chi connectivity index (χ3v) is 6.03. The first-order chi connectivity index (χ1) is 13.2. The molecule has 0 saturated carbocycles. The Labute approximate surface area is 169 Å². The number of halogens is 2. The predicted octanol–water partition coefficient (Wildman–Crippen LogP) is 3.22. The number of sulfone groups is 1. The van der Waals surface area contributed by atoms with Crippen LogP contribution in [-0.4, -0.2) is 52.2 Å². The van der Waals surface area contributed by atoms with Gasteiger partial charge in [0.1, 0.15) is 11.6 Å². The fourth-order valence-electron chi connectivity index (χ4n) is 2.58. The maximum absolute atomic E-state index is 12.9. The van der Waals surface area contributed by atoms with E-state index < -0.39 is 15.7 Å². The average molecular weight is 429 g/mol. The minimum Gasteiger partial charge on any atom is -0.495 e. The van der Waals surface area contributed by atoms with Crippen molar-refractivity contribution in [3.05, 3.63) is 53.3 Å². The van der Waals surface area contributed by atoms with Crippen LogP contribution >= 0.6 is 11.6 Å². The zero-order valence-corrected chi connectivity index (χ0v) is 17.2. The van der Waals surface area contributed by atoms with Crippen LogP contribution in [0.25, 0.3) is 0 Å². The number of rotatable bonds is 9. The molecule has 2 aromatic rings. The average Bonchev–Trinajstić information content (AvgIpc) is 2.62. The van der Waals surface area contributed by atoms with E-state index in [0.29, 0.717) is 29.4 Å². The number of amides is 1. The molecule has 0 unspecified atom stereocenters. The van der Waals surface area contributed by atoms with Crippen molar-refractivity contribution in [3.8, 4) is 5.75 Å². The van der Waals surface area contributed by atoms with Crippen LogP contribution in [-0.2, 0) is 14.6 Å². The number of likely N-dealkylation sites (N-methyl/N-ethyl adjacent to an activating group) is 1. The summed E-state index contributed by atoms with van der Waals surface area (Å²) >= 11 is 5.94. The van der Waals surface area contributed by atoms with E-state index in [1.54, 1.807) is 30.1 Å². The molecule has 0 radical (unpaired) electrons. The molecule has 152 valence electrons. The molecule has 0 aliphatic heterocycles. The standard InChI is InChI=1S/C19H22ClFN2O4S/c1-23(10-3-11-28(25,26)16-7-5-15(21)6-8-16)13-19(24)22-17-12-14(20)4-9-18(17)27-2/h4-9,12H,3,10-11,13H2,1-2H3,(H,22,24). The van der Waals surface area contributed by atoms with Crippen LogP contribution in [0.1, 0.15) is 6.42 Å². The van der Waals surface area contributed by atoms with Gasteiger partial charge in [-0.2, -0.15) is 0 Å². The summed E-state index contributed by atoms with van der Waals surface area (Å²) in [6.07, 6.45) is 0.337. The van der Waals surface area contributed by atoms with E-state index in [1.807, 2.05) is 0 Å². The number of anilines is 1. The molecule has 2 aromatic carbocycles. The monoisotopic (exact) mass is 428 g/mol. The Morgan fingerprint density at radius 1 is 1.21 bits per heavy atom. The number of hydrogen-bond donors (Lipinski definition) is 1. The van der Waals surface area contributed by atoms with Gasteiger partial charge in [-0.05, 0) is 62.5 Å². The number of carbonyl (C=O) groups excluding carboxylic acids is 1. The van der Waals surface area contributed by atoms with E-state index in [1.165, 1.54) is 19.2 Å². The van der Waals surface area contributed by atoms with Crippen LogP contribution in [0.4, 0.5) is 10.1 Å². The molecular formula is C19H22ClFN2O4S. The Morgan fingerprint density at radius 2 is 1.89 bits per heavy atom. The van der Waals surface area contributed by atoms with Gasteiger partial charge < -0.3 is 10.1 Å². The number of nitrogens with zero attached hydrogens (tertiary/aromatic N) is 1. The molecule has 0 bridgehead atoms. The van der Waals surface area contributed by atoms with Crippen LogP contribution < -0.4 is 10.1 Å². The molecule has 2 rings (SSSR count). The highest BCUT2D eigenvalue weighted by Gasteiger charge is 2.16. The van der Waals surface area contributed by atoms with Crippen LogP contribution in [0.2, 0.25) is 5.02 Å². The maximum Gasteiger partial charge on any atom is 0.238 e. The lowest BCUT2D eigenvalue weighted by molar-refractivity contribution is -0.117. The summed E-state index contributed by atoms with van der Waals surface area (Å²) in [6.45, 7) is 0.479. The summed E-state index contributed by atoms with van der Waals surface area (Å²) in [7, 11) is -0.274. The molecule has 0 aliphatic rings. The summed E-state index contributed by atoms with van der Waals surface area (Å²) in [5.41, 5.74) is 0.465. The van der Waals surface area contributed by atoms with Crippen molar-refractivity contribution in [2.75, 3.05) is 38.3 Å². The van der Waals surface area contributed by atoms with Gasteiger partial charge in [0, 0.05) is 5.02 Å². The second kappa shape index (κ2) is 9.86. The van der Waals surface area contributed by atoms with Gasteiger partial charge in [-0.3, -0.25) is 9.69 Å². The Balaban J connectivity index is 1.83. The van der Waals surface area contributed by atoms with E-state index in [2.05, 4.69) is 5.32 Å². The summed E-state index contributed by atoms with van der Waals surface area (Å²) in [5, 5.41) is 3.20. The van der Waals surface area contributed by atoms with E-state index >= 15 is 0 Å². The molecule has 0 fully saturated rings. The molecular weight excluding hydrogens is 407 g/mol. The van der Waals surface area contributed by atoms with Crippen LogP contribution in [0.15, 0.2) is 47.4 Å². The molecule has 28 heavy (non-hydrogen) atoms. The number of hydrogen-bond acceptors (Lipinski definition) is 5. The van der Waals surface area contributed by atoms with Crippen LogP contribution in [0, 0.1) is 5.82 Å². The first kappa shape index (κ1) is 22.1. The van der Waals surface area contributed by atoms with E-state index in [-0.39, 0.29) is 23.1 Å². The van der Waals surface area contributed by atoms with Gasteiger partial charge in [-0.25, -0.2) is 12.8 Å². The summed E-state index contributed by atoms with van der Waals surface area (Å²) in [4.78, 5) is 14.0. The summed E-state index contributed by atoms with van der Waals surface area (Å²) in [5.74, 6) is -0.358. The molecule has 0 atom stereocenters. The molecule has 6 nitrogen and oxygen atoms in total. The zero-order valence-electron chi connectivity index (χ0n) is 15.6. The predicted molar refractivity (Wildman–Crippen MR) is 107 cm³/mol. The summed E-state index contributed by atoms with van der Waals surface area (Å²) in [6, 6.07) is 9.64. The van der Waals surface area contributed by atoms with Crippen LogP contribution in [0.3, 0.4) is 0 Å². The maximum atomic E-state index is 12.9. The molecule has 1 amide bonds. The van der Waals surface area contributed by atoms with Gasteiger partial charge in [-0.15, -0.1) is 0 Å². The second-order valence-corrected chi connectivity index (χ2v) is 8.80. The van der Waals surface area contributed by atoms with Gasteiger partial charge in [0.25, 0.3) is 0 Å². The Bertz CT molecular complexity index is 920. The van der Waals surface area contributed by atoms with Crippen molar-refractivity contribution in [3.63, 3.8) is 0 Å². The van der Waals surface area contributed by atoms with E-state index in [9.17, 15) is 17.6 Å². The minimum atomic E-state index is -3.49. The van der Waals surface area contributed by atoms with Gasteiger partial charge >= 0.3 is 0 Å². The minimum absolute atomic E-state index is 0.0757. The van der Waals surface area contributed by atoms with Crippen molar-refractivity contribution in [1.29, 1.82) is 0 Å². The molecule has 0 spiro atoms. The fourth-order valence-corrected chi connectivity index (χ4v) is 4.04. The third-order valence-electron chi connectivity index (χ3n) is 3.97. The number of ether oxygens (including phenoxy) is 1. The quantitative estimate of drug-likeness (QED) is 0.620. The molecule has 9 heteroatoms. The highest BCUT2D eigenvalue weighted by molar-refractivity contribution is 7.91. The van der Waals surface area contributed by atoms with Crippen molar-refractivity contribution >= 4 is 33.0 Å². The summed E-state index contributed by atoms with van der Waals surface area (Å²) < 4.78 is 42.6. The molecule has 0 aromatic heterocycles. The lowest BCUT2D eigenvalue weighted by Gasteiger charge is -2.17. The van der Waals surface area contributed by atoms with Crippen molar-refractivity contribution in [2.45, 2.75) is 11.3 Å². The molecule has 1 N–H and O–H groups in total. The number of benzene rings is 2. The molecule has 0 heterocycles. The first-order valence-corrected chi connectivity index (χ1v) is 10.5. The normalized spacial score (nSPS) is 11.5. The largest absolute Gasteiger partial charge is 0.495 e. The third kappa shape index (κ3) is 6.47. The zero-order chi connectivity index (χ0) is 20.7.